The van der Waals surface area contributed by atoms with Crippen molar-refractivity contribution in [2.45, 2.75) is 104 Å². The molecule has 79 heavy (non-hydrogen) atoms. The van der Waals surface area contributed by atoms with Crippen molar-refractivity contribution in [1.82, 2.24) is 40.5 Å². The Morgan fingerprint density at radius 2 is 1.48 bits per heavy atom. The van der Waals surface area contributed by atoms with Crippen LogP contribution in [0.1, 0.15) is 93.5 Å². The van der Waals surface area contributed by atoms with Gasteiger partial charge < -0.3 is 46.0 Å². The molecule has 3 fully saturated rings. The number of aliphatic hydroxyl groups is 1. The van der Waals surface area contributed by atoms with E-state index in [0.717, 1.165) is 121 Å². The van der Waals surface area contributed by atoms with E-state index in [1.165, 1.54) is 4.90 Å². The van der Waals surface area contributed by atoms with Gasteiger partial charge in [0.2, 0.25) is 23.6 Å². The first-order chi connectivity index (χ1) is 37.9. The van der Waals surface area contributed by atoms with Crippen molar-refractivity contribution in [3.05, 3.63) is 124 Å². The molecule has 5 N–H and O–H groups in total. The minimum atomic E-state index is -0.885. The molecule has 4 aliphatic heterocycles. The highest BCUT2D eigenvalue weighted by Gasteiger charge is 2.45. The number of anilines is 2. The first-order valence-corrected chi connectivity index (χ1v) is 29.2. The van der Waals surface area contributed by atoms with Crippen molar-refractivity contribution < 1.29 is 29.1 Å². The maximum atomic E-state index is 14.2. The van der Waals surface area contributed by atoms with E-state index in [4.69, 9.17) is 11.6 Å². The maximum absolute atomic E-state index is 14.2. The van der Waals surface area contributed by atoms with Crippen LogP contribution in [-0.4, -0.2) is 155 Å². The number of aryl methyl sites for hydroxylation is 1. The minimum absolute atomic E-state index is 0.0110. The number of carbonyl (C=O) groups is 5. The number of nitrogens with zero attached hydrogens (tertiary/aromatic N) is 6. The zero-order valence-electron chi connectivity index (χ0n) is 46.5. The standard InChI is InChI=1S/C61H77ClN10O6S/c1-39-31-52(66-49-18-16-48(62)17-19-49)51-32-47(15-20-53(51)72(39)41(3)73)44-11-13-46(14-12-44)58(76)63-23-26-68-24-21-43(22-25-68)35-69-27-29-70(30-28-69)37-55(75)67-57(61(4,5)6)60(78)71-36-50(74)33-54(71)59(77)64-34-42-7-9-45(10-8-42)56-40(2)65-38-79-56/h7-20,32,38-39,43,50,52,54,57,66,74H,21-31,33-37H2,1-6H3,(H,63,76)(H,64,77)(H,67,75)/t39-,50+,52+,54-,57+/m0/s1. The van der Waals surface area contributed by atoms with Crippen molar-refractivity contribution in [1.29, 1.82) is 0 Å². The Hall–Kier alpha value is -6.21. The number of piperazine rings is 1. The van der Waals surface area contributed by atoms with Crippen LogP contribution in [0.2, 0.25) is 5.02 Å². The second-order valence-corrected chi connectivity index (χ2v) is 24.4. The molecule has 16 nitrogen and oxygen atoms in total. The van der Waals surface area contributed by atoms with Gasteiger partial charge in [0.25, 0.3) is 5.91 Å². The molecule has 420 valence electrons. The topological polar surface area (TPSA) is 183 Å². The fourth-order valence-electron chi connectivity index (χ4n) is 11.7. The number of halogens is 1. The van der Waals surface area contributed by atoms with Gasteiger partial charge >= 0.3 is 0 Å². The number of benzene rings is 4. The largest absolute Gasteiger partial charge is 0.391 e. The molecule has 5 atom stereocenters. The molecule has 0 spiro atoms. The monoisotopic (exact) mass is 1110 g/mol. The summed E-state index contributed by atoms with van der Waals surface area (Å²) in [5.74, 6) is -0.446. The number of hydrogen-bond donors (Lipinski definition) is 5. The summed E-state index contributed by atoms with van der Waals surface area (Å²) in [6.07, 6.45) is 2.21. The Bertz CT molecular complexity index is 2930. The number of piperidine rings is 1. The number of amides is 5. The van der Waals surface area contributed by atoms with Gasteiger partial charge in [-0.3, -0.25) is 28.9 Å². The Kier molecular flexibility index (Phi) is 18.5. The third kappa shape index (κ3) is 14.4. The summed E-state index contributed by atoms with van der Waals surface area (Å²) in [4.78, 5) is 83.3. The van der Waals surface area contributed by atoms with E-state index in [9.17, 15) is 29.1 Å². The quantitative estimate of drug-likeness (QED) is 0.0619. The number of fused-ring (bicyclic) bond motifs is 1. The smallest absolute Gasteiger partial charge is 0.251 e. The van der Waals surface area contributed by atoms with Crippen LogP contribution in [0.15, 0.2) is 96.5 Å². The Labute approximate surface area is 474 Å². The average Bonchev–Trinajstić information content (AvgIpc) is 4.13. The van der Waals surface area contributed by atoms with E-state index in [2.05, 4.69) is 53.9 Å². The van der Waals surface area contributed by atoms with Crippen LogP contribution in [0.4, 0.5) is 11.4 Å². The van der Waals surface area contributed by atoms with Crippen molar-refractivity contribution >= 4 is 63.8 Å². The summed E-state index contributed by atoms with van der Waals surface area (Å²) in [6, 6.07) is 27.8. The van der Waals surface area contributed by atoms with Crippen LogP contribution in [0.5, 0.6) is 0 Å². The predicted molar refractivity (Wildman–Crippen MR) is 313 cm³/mol. The molecule has 5 amide bonds. The van der Waals surface area contributed by atoms with Crippen LogP contribution in [0, 0.1) is 18.3 Å². The van der Waals surface area contributed by atoms with E-state index in [-0.39, 0.29) is 67.7 Å². The maximum Gasteiger partial charge on any atom is 0.251 e. The zero-order chi connectivity index (χ0) is 56.0. The molecular formula is C61H77ClN10O6S. The van der Waals surface area contributed by atoms with E-state index >= 15 is 0 Å². The highest BCUT2D eigenvalue weighted by molar-refractivity contribution is 7.13. The van der Waals surface area contributed by atoms with Gasteiger partial charge in [0.1, 0.15) is 12.1 Å². The summed E-state index contributed by atoms with van der Waals surface area (Å²) in [6.45, 7) is 19.4. The molecular weight excluding hydrogens is 1040 g/mol. The fourth-order valence-corrected chi connectivity index (χ4v) is 12.7. The number of hydrogen-bond acceptors (Lipinski definition) is 12. The van der Waals surface area contributed by atoms with Gasteiger partial charge in [-0.15, -0.1) is 11.3 Å². The summed E-state index contributed by atoms with van der Waals surface area (Å²) in [5.41, 5.74) is 9.64. The molecule has 5 aromatic rings. The lowest BCUT2D eigenvalue weighted by Gasteiger charge is -2.39. The van der Waals surface area contributed by atoms with Crippen LogP contribution in [-0.2, 0) is 25.7 Å². The average molecular weight is 1110 g/mol. The van der Waals surface area contributed by atoms with Gasteiger partial charge in [-0.2, -0.15) is 0 Å². The minimum Gasteiger partial charge on any atom is -0.391 e. The fraction of sp³-hybridized carbons (Fsp3) is 0.475. The van der Waals surface area contributed by atoms with Crippen LogP contribution >= 0.6 is 22.9 Å². The van der Waals surface area contributed by atoms with Gasteiger partial charge in [0.05, 0.1) is 34.8 Å². The van der Waals surface area contributed by atoms with E-state index < -0.39 is 23.6 Å². The number of likely N-dealkylation sites (tertiary alicyclic amines) is 2. The van der Waals surface area contributed by atoms with Gasteiger partial charge in [0.15, 0.2) is 0 Å². The summed E-state index contributed by atoms with van der Waals surface area (Å²) >= 11 is 7.75. The number of nitrogens with one attached hydrogen (secondary N) is 4. The highest BCUT2D eigenvalue weighted by Crippen LogP contribution is 2.41. The molecule has 0 unspecified atom stereocenters. The van der Waals surface area contributed by atoms with Crippen molar-refractivity contribution in [3.63, 3.8) is 0 Å². The second-order valence-electron chi connectivity index (χ2n) is 23.1. The first kappa shape index (κ1) is 57.5. The van der Waals surface area contributed by atoms with Gasteiger partial charge in [-0.25, -0.2) is 4.98 Å². The number of aliphatic hydroxyl groups excluding tert-OH is 1. The Balaban J connectivity index is 0.679. The molecule has 5 heterocycles. The van der Waals surface area contributed by atoms with Crippen LogP contribution < -0.4 is 26.2 Å². The molecule has 9 rings (SSSR count). The zero-order valence-corrected chi connectivity index (χ0v) is 48.0. The molecule has 0 radical (unpaired) electrons. The number of rotatable bonds is 17. The van der Waals surface area contributed by atoms with Gasteiger partial charge in [-0.05, 0) is 134 Å². The lowest BCUT2D eigenvalue weighted by molar-refractivity contribution is -0.144. The number of thiazole rings is 1. The first-order valence-electron chi connectivity index (χ1n) is 27.9. The molecule has 0 aliphatic carbocycles. The Morgan fingerprint density at radius 3 is 2.14 bits per heavy atom. The van der Waals surface area contributed by atoms with E-state index in [1.54, 1.807) is 18.3 Å². The van der Waals surface area contributed by atoms with Gasteiger partial charge in [-0.1, -0.05) is 74.8 Å². The molecule has 4 aromatic carbocycles. The normalized spacial score (nSPS) is 20.8. The number of carbonyl (C=O) groups excluding carboxylic acids is 5. The Morgan fingerprint density at radius 1 is 0.810 bits per heavy atom. The van der Waals surface area contributed by atoms with Crippen molar-refractivity contribution in [2.24, 2.45) is 11.3 Å². The predicted octanol–water partition coefficient (Wildman–Crippen LogP) is 7.61. The third-order valence-electron chi connectivity index (χ3n) is 16.2. The molecule has 1 aromatic heterocycles. The third-order valence-corrected chi connectivity index (χ3v) is 17.4. The van der Waals surface area contributed by atoms with Crippen molar-refractivity contribution in [3.8, 4) is 21.6 Å². The molecule has 4 aliphatic rings. The summed E-state index contributed by atoms with van der Waals surface area (Å²) in [5, 5.41) is 24.2. The van der Waals surface area contributed by atoms with Crippen LogP contribution in [0.3, 0.4) is 0 Å². The molecule has 0 saturated carbocycles. The lowest BCUT2D eigenvalue weighted by atomic mass is 9.85. The number of β-amino-alcohol motifs (C(OH)–C–C–N with tert-alkyl or cyclic N) is 1. The summed E-state index contributed by atoms with van der Waals surface area (Å²) in [7, 11) is 0. The second kappa shape index (κ2) is 25.5. The molecule has 0 bridgehead atoms. The van der Waals surface area contributed by atoms with Crippen LogP contribution in [0.25, 0.3) is 21.6 Å². The number of aromatic nitrogens is 1. The van der Waals surface area contributed by atoms with E-state index in [1.807, 2.05) is 123 Å². The van der Waals surface area contributed by atoms with E-state index in [0.29, 0.717) is 23.0 Å². The molecule has 18 heteroatoms. The van der Waals surface area contributed by atoms with Crippen molar-refractivity contribution in [2.75, 3.05) is 82.2 Å². The van der Waals surface area contributed by atoms with Gasteiger partial charge in [0, 0.05) is 100 Å². The summed E-state index contributed by atoms with van der Waals surface area (Å²) < 4.78 is 0. The molecule has 3 saturated heterocycles. The lowest BCUT2D eigenvalue weighted by Crippen LogP contribution is -2.59. The highest BCUT2D eigenvalue weighted by atomic mass is 35.5. The SMILES string of the molecule is CC(=O)N1c2ccc(-c3ccc(C(=O)NCCN4CCC(CN5CCN(CC(=O)N[C@H](C(=O)N6C[C@H](O)C[C@H]6C(=O)NCc6ccc(-c7scnc7C)cc6)C(C)(C)C)CC5)CC4)cc3)cc2[C@H](Nc2ccc(Cl)cc2)C[C@@H]1C.